The highest BCUT2D eigenvalue weighted by Crippen LogP contribution is 2.26. The lowest BCUT2D eigenvalue weighted by atomic mass is 10.00. The van der Waals surface area contributed by atoms with Crippen LogP contribution in [-0.2, 0) is 11.3 Å². The second kappa shape index (κ2) is 11.0. The lowest BCUT2D eigenvalue weighted by Crippen LogP contribution is -2.51. The molecule has 7 heteroatoms. The van der Waals surface area contributed by atoms with E-state index in [0.717, 1.165) is 43.1 Å². The van der Waals surface area contributed by atoms with Crippen molar-refractivity contribution in [1.29, 1.82) is 0 Å². The van der Waals surface area contributed by atoms with Crippen LogP contribution in [0.25, 0.3) is 0 Å². The van der Waals surface area contributed by atoms with Crippen molar-refractivity contribution in [3.63, 3.8) is 0 Å². The summed E-state index contributed by atoms with van der Waals surface area (Å²) in [6.45, 7) is 6.54. The molecule has 0 aromatic heterocycles. The lowest BCUT2D eigenvalue weighted by molar-refractivity contribution is -0.114. The fraction of sp³-hybridized carbons (Fsp3) is 0.458. The zero-order valence-electron chi connectivity index (χ0n) is 18.2. The maximum atomic E-state index is 11.4. The maximum Gasteiger partial charge on any atom is 0.221 e. The Hall–Kier alpha value is -2.12. The Labute approximate surface area is 189 Å². The van der Waals surface area contributed by atoms with Crippen molar-refractivity contribution in [3.05, 3.63) is 59.1 Å². The molecule has 1 heterocycles. The van der Waals surface area contributed by atoms with Gasteiger partial charge in [0.25, 0.3) is 0 Å². The van der Waals surface area contributed by atoms with Gasteiger partial charge in [0.15, 0.2) is 0 Å². The van der Waals surface area contributed by atoms with Crippen molar-refractivity contribution >= 4 is 23.2 Å². The Bertz CT molecular complexity index is 851. The minimum Gasteiger partial charge on any atom is -0.488 e. The molecule has 3 rings (SSSR count). The molecule has 3 N–H and O–H groups in total. The molecule has 1 saturated heterocycles. The molecule has 1 aliphatic heterocycles. The molecule has 6 nitrogen and oxygen atoms in total. The molecule has 2 aromatic carbocycles. The van der Waals surface area contributed by atoms with Crippen LogP contribution in [0.5, 0.6) is 5.75 Å². The van der Waals surface area contributed by atoms with E-state index in [1.54, 1.807) is 19.1 Å². The van der Waals surface area contributed by atoms with E-state index in [9.17, 15) is 9.90 Å². The van der Waals surface area contributed by atoms with Crippen LogP contribution in [0.1, 0.15) is 32.3 Å². The average molecular weight is 446 g/mol. The van der Waals surface area contributed by atoms with Crippen LogP contribution >= 0.6 is 11.6 Å². The molecule has 1 aliphatic rings. The quantitative estimate of drug-likeness (QED) is 0.549. The molecular weight excluding hydrogens is 414 g/mol. The first-order valence-electron chi connectivity index (χ1n) is 10.7. The van der Waals surface area contributed by atoms with Crippen molar-refractivity contribution in [2.24, 2.45) is 0 Å². The standard InChI is InChI=1S/C24H32ClN3O3/c1-18(29)27-22-5-3-4-6-23(22)31-17-24(2,30)16-28(21-11-13-26-14-12-21)15-19-7-9-20(25)10-8-19/h3-10,21,26,30H,11-17H2,1-2H3,(H,27,29)/t24-/m0/s1. The third kappa shape index (κ3) is 7.51. The second-order valence-corrected chi connectivity index (χ2v) is 8.91. The first kappa shape index (κ1) is 23.5. The van der Waals surface area contributed by atoms with Gasteiger partial charge in [0, 0.05) is 31.1 Å². The van der Waals surface area contributed by atoms with Crippen molar-refractivity contribution in [2.45, 2.75) is 44.9 Å². The fourth-order valence-electron chi connectivity index (χ4n) is 3.91. The van der Waals surface area contributed by atoms with Crippen LogP contribution in [0, 0.1) is 0 Å². The number of hydrogen-bond acceptors (Lipinski definition) is 5. The van der Waals surface area contributed by atoms with Crippen LogP contribution in [0.4, 0.5) is 5.69 Å². The average Bonchev–Trinajstić information content (AvgIpc) is 2.74. The van der Waals surface area contributed by atoms with Gasteiger partial charge >= 0.3 is 0 Å². The number of para-hydroxylation sites is 2. The third-order valence-corrected chi connectivity index (χ3v) is 5.66. The van der Waals surface area contributed by atoms with E-state index in [1.165, 1.54) is 6.92 Å². The molecule has 0 bridgehead atoms. The number of anilines is 1. The van der Waals surface area contributed by atoms with E-state index < -0.39 is 5.60 Å². The van der Waals surface area contributed by atoms with Crippen LogP contribution in [-0.4, -0.2) is 53.8 Å². The summed E-state index contributed by atoms with van der Waals surface area (Å²) in [6, 6.07) is 15.5. The van der Waals surface area contributed by atoms with Crippen LogP contribution in [0.2, 0.25) is 5.02 Å². The summed E-state index contributed by atoms with van der Waals surface area (Å²) in [5, 5.41) is 18.1. The molecule has 0 aliphatic carbocycles. The molecule has 1 amide bonds. The monoisotopic (exact) mass is 445 g/mol. The number of nitrogens with zero attached hydrogens (tertiary/aromatic N) is 1. The number of carbonyl (C=O) groups is 1. The van der Waals surface area contributed by atoms with Gasteiger partial charge in [-0.2, -0.15) is 0 Å². The smallest absolute Gasteiger partial charge is 0.221 e. The molecule has 0 saturated carbocycles. The molecule has 0 radical (unpaired) electrons. The zero-order valence-corrected chi connectivity index (χ0v) is 19.0. The van der Waals surface area contributed by atoms with Gasteiger partial charge in [0.2, 0.25) is 5.91 Å². The van der Waals surface area contributed by atoms with E-state index in [1.807, 2.05) is 36.4 Å². The Kier molecular flexibility index (Phi) is 8.32. The topological polar surface area (TPSA) is 73.8 Å². The number of hydrogen-bond donors (Lipinski definition) is 3. The predicted octanol–water partition coefficient (Wildman–Crippen LogP) is 3.68. The SMILES string of the molecule is CC(=O)Nc1ccccc1OC[C@@](C)(O)CN(Cc1ccc(Cl)cc1)C1CCNCC1. The lowest BCUT2D eigenvalue weighted by Gasteiger charge is -2.39. The van der Waals surface area contributed by atoms with Gasteiger partial charge in [-0.3, -0.25) is 9.69 Å². The van der Waals surface area contributed by atoms with Crippen molar-refractivity contribution in [2.75, 3.05) is 31.6 Å². The molecule has 1 atom stereocenters. The highest BCUT2D eigenvalue weighted by atomic mass is 35.5. The molecule has 168 valence electrons. The normalized spacial score (nSPS) is 16.7. The minimum atomic E-state index is -1.07. The Morgan fingerprint density at radius 2 is 1.90 bits per heavy atom. The second-order valence-electron chi connectivity index (χ2n) is 8.48. The predicted molar refractivity (Wildman–Crippen MR) is 125 cm³/mol. The van der Waals surface area contributed by atoms with Crippen LogP contribution in [0.15, 0.2) is 48.5 Å². The van der Waals surface area contributed by atoms with Gasteiger partial charge in [-0.05, 0) is 62.7 Å². The number of carbonyl (C=O) groups excluding carboxylic acids is 1. The molecule has 1 fully saturated rings. The van der Waals surface area contributed by atoms with Gasteiger partial charge in [0.05, 0.1) is 5.69 Å². The van der Waals surface area contributed by atoms with Gasteiger partial charge in [-0.15, -0.1) is 0 Å². The molecule has 0 unspecified atom stereocenters. The Morgan fingerprint density at radius 1 is 1.23 bits per heavy atom. The van der Waals surface area contributed by atoms with Gasteiger partial charge in [-0.1, -0.05) is 35.9 Å². The third-order valence-electron chi connectivity index (χ3n) is 5.40. The summed E-state index contributed by atoms with van der Waals surface area (Å²) < 4.78 is 5.94. The van der Waals surface area contributed by atoms with Gasteiger partial charge < -0.3 is 20.5 Å². The Balaban J connectivity index is 1.68. The minimum absolute atomic E-state index is 0.117. The number of piperidine rings is 1. The van der Waals surface area contributed by atoms with Crippen molar-refractivity contribution < 1.29 is 14.6 Å². The first-order chi connectivity index (χ1) is 14.8. The number of amides is 1. The maximum absolute atomic E-state index is 11.4. The molecule has 31 heavy (non-hydrogen) atoms. The summed E-state index contributed by atoms with van der Waals surface area (Å²) in [5.41, 5.74) is 0.693. The number of ether oxygens (including phenoxy) is 1. The Morgan fingerprint density at radius 3 is 2.58 bits per heavy atom. The van der Waals surface area contributed by atoms with Crippen molar-refractivity contribution in [1.82, 2.24) is 10.2 Å². The van der Waals surface area contributed by atoms with E-state index >= 15 is 0 Å². The van der Waals surface area contributed by atoms with E-state index in [0.29, 0.717) is 24.0 Å². The van der Waals surface area contributed by atoms with Crippen LogP contribution < -0.4 is 15.4 Å². The first-order valence-corrected chi connectivity index (χ1v) is 11.1. The van der Waals surface area contributed by atoms with Crippen molar-refractivity contribution in [3.8, 4) is 5.75 Å². The van der Waals surface area contributed by atoms with Crippen LogP contribution in [0.3, 0.4) is 0 Å². The summed E-state index contributed by atoms with van der Waals surface area (Å²) in [4.78, 5) is 13.8. The number of aliphatic hydroxyl groups is 1. The van der Waals surface area contributed by atoms with E-state index in [4.69, 9.17) is 16.3 Å². The van der Waals surface area contributed by atoms with E-state index in [2.05, 4.69) is 15.5 Å². The summed E-state index contributed by atoms with van der Waals surface area (Å²) in [6.07, 6.45) is 2.08. The zero-order chi connectivity index (χ0) is 22.3. The number of nitrogens with one attached hydrogen (secondary N) is 2. The highest BCUT2D eigenvalue weighted by molar-refractivity contribution is 6.30. The summed E-state index contributed by atoms with van der Waals surface area (Å²) in [7, 11) is 0. The number of halogens is 1. The largest absolute Gasteiger partial charge is 0.488 e. The van der Waals surface area contributed by atoms with Gasteiger partial charge in [-0.25, -0.2) is 0 Å². The number of rotatable bonds is 9. The number of benzene rings is 2. The molecule has 2 aromatic rings. The summed E-state index contributed by atoms with van der Waals surface area (Å²) >= 11 is 6.04. The molecule has 0 spiro atoms. The summed E-state index contributed by atoms with van der Waals surface area (Å²) in [5.74, 6) is 0.381. The van der Waals surface area contributed by atoms with Gasteiger partial charge in [0.1, 0.15) is 18.0 Å². The molecular formula is C24H32ClN3O3. The highest BCUT2D eigenvalue weighted by Gasteiger charge is 2.30. The fourth-order valence-corrected chi connectivity index (χ4v) is 4.04. The van der Waals surface area contributed by atoms with E-state index in [-0.39, 0.29) is 12.5 Å².